The van der Waals surface area contributed by atoms with E-state index in [1.54, 1.807) is 6.07 Å². The van der Waals surface area contributed by atoms with Crippen LogP contribution in [0.1, 0.15) is 25.3 Å². The number of carbonyl (C=O) groups excluding carboxylic acids is 1. The van der Waals surface area contributed by atoms with Crippen LogP contribution in [-0.2, 0) is 16.0 Å². The highest BCUT2D eigenvalue weighted by molar-refractivity contribution is 6.30. The molecular formula is C14H18ClNO3. The van der Waals surface area contributed by atoms with Crippen molar-refractivity contribution in [1.82, 2.24) is 5.32 Å². The number of carbonyl (C=O) groups is 2. The van der Waals surface area contributed by atoms with E-state index in [1.165, 1.54) is 0 Å². The van der Waals surface area contributed by atoms with E-state index in [1.807, 2.05) is 25.1 Å². The lowest BCUT2D eigenvalue weighted by atomic mass is 10.0. The summed E-state index contributed by atoms with van der Waals surface area (Å²) in [6.45, 7) is 2.23. The molecule has 1 amide bonds. The van der Waals surface area contributed by atoms with Crippen LogP contribution in [0.2, 0.25) is 5.02 Å². The van der Waals surface area contributed by atoms with Crippen molar-refractivity contribution in [3.8, 4) is 0 Å². The number of hydrogen-bond acceptors (Lipinski definition) is 2. The van der Waals surface area contributed by atoms with Gasteiger partial charge < -0.3 is 10.4 Å². The van der Waals surface area contributed by atoms with Crippen LogP contribution < -0.4 is 5.32 Å². The predicted octanol–water partition coefficient (Wildman–Crippen LogP) is 2.50. The lowest BCUT2D eigenvalue weighted by molar-refractivity contribution is -0.137. The molecule has 0 aliphatic rings. The summed E-state index contributed by atoms with van der Waals surface area (Å²) in [4.78, 5) is 22.1. The maximum absolute atomic E-state index is 11.8. The Labute approximate surface area is 117 Å². The lowest BCUT2D eigenvalue weighted by Crippen LogP contribution is -2.31. The first-order valence-electron chi connectivity index (χ1n) is 6.23. The van der Waals surface area contributed by atoms with Gasteiger partial charge in [0.1, 0.15) is 0 Å². The van der Waals surface area contributed by atoms with Gasteiger partial charge in [-0.05, 0) is 30.5 Å². The molecule has 104 valence electrons. The summed E-state index contributed by atoms with van der Waals surface area (Å²) in [5.41, 5.74) is 1.01. The van der Waals surface area contributed by atoms with Gasteiger partial charge >= 0.3 is 5.97 Å². The SMILES string of the molecule is C[C@@H](Cc1cccc(Cl)c1)C(=O)NCCCC(=O)O. The summed E-state index contributed by atoms with van der Waals surface area (Å²) < 4.78 is 0. The Morgan fingerprint density at radius 1 is 1.42 bits per heavy atom. The summed E-state index contributed by atoms with van der Waals surface area (Å²) >= 11 is 5.88. The fraction of sp³-hybridized carbons (Fsp3) is 0.429. The molecular weight excluding hydrogens is 266 g/mol. The van der Waals surface area contributed by atoms with Crippen molar-refractivity contribution in [3.63, 3.8) is 0 Å². The normalized spacial score (nSPS) is 11.9. The van der Waals surface area contributed by atoms with Gasteiger partial charge in [0.05, 0.1) is 0 Å². The molecule has 0 aromatic heterocycles. The van der Waals surface area contributed by atoms with Gasteiger partial charge in [-0.15, -0.1) is 0 Å². The molecule has 5 heteroatoms. The molecule has 1 aromatic rings. The molecule has 0 fully saturated rings. The molecule has 0 radical (unpaired) electrons. The first-order valence-corrected chi connectivity index (χ1v) is 6.61. The topological polar surface area (TPSA) is 66.4 Å². The van der Waals surface area contributed by atoms with Crippen LogP contribution in [0.5, 0.6) is 0 Å². The molecule has 1 atom stereocenters. The Balaban J connectivity index is 2.34. The zero-order valence-electron chi connectivity index (χ0n) is 10.9. The van der Waals surface area contributed by atoms with Crippen molar-refractivity contribution in [2.45, 2.75) is 26.2 Å². The Morgan fingerprint density at radius 3 is 2.79 bits per heavy atom. The molecule has 0 aliphatic carbocycles. The molecule has 0 saturated carbocycles. The van der Waals surface area contributed by atoms with Gasteiger partial charge in [0.25, 0.3) is 0 Å². The van der Waals surface area contributed by atoms with E-state index in [2.05, 4.69) is 5.32 Å². The van der Waals surface area contributed by atoms with Crippen LogP contribution in [0.3, 0.4) is 0 Å². The quantitative estimate of drug-likeness (QED) is 0.756. The maximum Gasteiger partial charge on any atom is 0.303 e. The van der Waals surface area contributed by atoms with E-state index < -0.39 is 5.97 Å². The van der Waals surface area contributed by atoms with E-state index in [0.717, 1.165) is 5.56 Å². The molecule has 0 aliphatic heterocycles. The third kappa shape index (κ3) is 6.25. The molecule has 1 aromatic carbocycles. The summed E-state index contributed by atoms with van der Waals surface area (Å²) in [5.74, 6) is -1.07. The number of carboxylic acids is 1. The highest BCUT2D eigenvalue weighted by Crippen LogP contribution is 2.14. The fourth-order valence-electron chi connectivity index (χ4n) is 1.74. The highest BCUT2D eigenvalue weighted by Gasteiger charge is 2.13. The van der Waals surface area contributed by atoms with Crippen molar-refractivity contribution >= 4 is 23.5 Å². The van der Waals surface area contributed by atoms with E-state index in [-0.39, 0.29) is 18.2 Å². The average Bonchev–Trinajstić information content (AvgIpc) is 2.34. The van der Waals surface area contributed by atoms with Gasteiger partial charge in [-0.1, -0.05) is 30.7 Å². The van der Waals surface area contributed by atoms with E-state index >= 15 is 0 Å². The third-order valence-corrected chi connectivity index (χ3v) is 2.98. The van der Waals surface area contributed by atoms with Crippen molar-refractivity contribution < 1.29 is 14.7 Å². The Hall–Kier alpha value is -1.55. The maximum atomic E-state index is 11.8. The average molecular weight is 284 g/mol. The third-order valence-electron chi connectivity index (χ3n) is 2.75. The van der Waals surface area contributed by atoms with Gasteiger partial charge in [-0.3, -0.25) is 9.59 Å². The van der Waals surface area contributed by atoms with Gasteiger partial charge in [0, 0.05) is 23.9 Å². The molecule has 19 heavy (non-hydrogen) atoms. The summed E-state index contributed by atoms with van der Waals surface area (Å²) in [6, 6.07) is 7.42. The number of nitrogens with one attached hydrogen (secondary N) is 1. The number of rotatable bonds is 7. The van der Waals surface area contributed by atoms with E-state index in [0.29, 0.717) is 24.4 Å². The van der Waals surface area contributed by atoms with Crippen molar-refractivity contribution in [3.05, 3.63) is 34.9 Å². The largest absolute Gasteiger partial charge is 0.481 e. The first kappa shape index (κ1) is 15.5. The number of carboxylic acid groups (broad SMARTS) is 1. The van der Waals surface area contributed by atoms with E-state index in [4.69, 9.17) is 16.7 Å². The Morgan fingerprint density at radius 2 is 2.16 bits per heavy atom. The monoisotopic (exact) mass is 283 g/mol. The molecule has 4 nitrogen and oxygen atoms in total. The second-order valence-corrected chi connectivity index (χ2v) is 4.96. The number of aliphatic carboxylic acids is 1. The minimum atomic E-state index is -0.846. The standard InChI is InChI=1S/C14H18ClNO3/c1-10(8-11-4-2-5-12(15)9-11)14(19)16-7-3-6-13(17)18/h2,4-5,9-10H,3,6-8H2,1H3,(H,16,19)(H,17,18)/t10-/m0/s1. The highest BCUT2D eigenvalue weighted by atomic mass is 35.5. The van der Waals surface area contributed by atoms with Gasteiger partial charge in [-0.25, -0.2) is 0 Å². The second-order valence-electron chi connectivity index (χ2n) is 4.52. The summed E-state index contributed by atoms with van der Waals surface area (Å²) in [6.07, 6.45) is 1.14. The van der Waals surface area contributed by atoms with Gasteiger partial charge in [-0.2, -0.15) is 0 Å². The lowest BCUT2D eigenvalue weighted by Gasteiger charge is -2.12. The second kappa shape index (κ2) is 7.79. The smallest absolute Gasteiger partial charge is 0.303 e. The predicted molar refractivity (Wildman–Crippen MR) is 74.2 cm³/mol. The molecule has 0 unspecified atom stereocenters. The van der Waals surface area contributed by atoms with Crippen LogP contribution in [0.15, 0.2) is 24.3 Å². The molecule has 0 saturated heterocycles. The van der Waals surface area contributed by atoms with Gasteiger partial charge in [0.15, 0.2) is 0 Å². The molecule has 0 spiro atoms. The molecule has 0 bridgehead atoms. The van der Waals surface area contributed by atoms with Crippen molar-refractivity contribution in [1.29, 1.82) is 0 Å². The number of hydrogen-bond donors (Lipinski definition) is 2. The number of benzene rings is 1. The number of halogens is 1. The summed E-state index contributed by atoms with van der Waals surface area (Å²) in [7, 11) is 0. The Kier molecular flexibility index (Phi) is 6.36. The Bertz CT molecular complexity index is 448. The summed E-state index contributed by atoms with van der Waals surface area (Å²) in [5, 5.41) is 11.9. The van der Waals surface area contributed by atoms with Crippen molar-refractivity contribution in [2.24, 2.45) is 5.92 Å². The zero-order valence-corrected chi connectivity index (χ0v) is 11.6. The van der Waals surface area contributed by atoms with Crippen LogP contribution in [0.4, 0.5) is 0 Å². The molecule has 1 rings (SSSR count). The van der Waals surface area contributed by atoms with Crippen LogP contribution in [-0.4, -0.2) is 23.5 Å². The molecule has 0 heterocycles. The van der Waals surface area contributed by atoms with Crippen LogP contribution >= 0.6 is 11.6 Å². The zero-order chi connectivity index (χ0) is 14.3. The number of amides is 1. The van der Waals surface area contributed by atoms with Gasteiger partial charge in [0.2, 0.25) is 5.91 Å². The minimum absolute atomic E-state index is 0.0645. The minimum Gasteiger partial charge on any atom is -0.481 e. The molecule has 2 N–H and O–H groups in total. The van der Waals surface area contributed by atoms with Crippen LogP contribution in [0.25, 0.3) is 0 Å². The first-order chi connectivity index (χ1) is 8.99. The van der Waals surface area contributed by atoms with E-state index in [9.17, 15) is 9.59 Å². The van der Waals surface area contributed by atoms with Crippen molar-refractivity contribution in [2.75, 3.05) is 6.54 Å². The fourth-order valence-corrected chi connectivity index (χ4v) is 1.95. The van der Waals surface area contributed by atoms with Crippen LogP contribution in [0, 0.1) is 5.92 Å².